The Morgan fingerprint density at radius 2 is 1.80 bits per heavy atom. The van der Waals surface area contributed by atoms with Gasteiger partial charge in [-0.1, -0.05) is 11.6 Å². The standard InChI is InChI=1S/C21H27ClFN3O4/c22-18-13-15(23)1-2-17(18)20(28)26-9-7-25(8-10-26)14-19(27)24-16-3-5-21(6-4-16)29-11-12-30-21/h1-2,13,16H,3-12,14H2,(H,24,27). The molecule has 0 bridgehead atoms. The van der Waals surface area contributed by atoms with E-state index in [0.717, 1.165) is 31.7 Å². The molecule has 4 rings (SSSR count). The molecule has 3 aliphatic rings. The van der Waals surface area contributed by atoms with E-state index in [0.29, 0.717) is 51.5 Å². The molecule has 1 aromatic rings. The predicted octanol–water partition coefficient (Wildman–Crippen LogP) is 2.04. The Balaban J connectivity index is 1.20. The Hall–Kier alpha value is -1.74. The summed E-state index contributed by atoms with van der Waals surface area (Å²) in [7, 11) is 0. The lowest BCUT2D eigenvalue weighted by Crippen LogP contribution is -2.52. The molecule has 0 atom stereocenters. The number of piperazine rings is 1. The van der Waals surface area contributed by atoms with E-state index in [2.05, 4.69) is 5.32 Å². The maximum absolute atomic E-state index is 13.2. The van der Waals surface area contributed by atoms with Gasteiger partial charge in [0.15, 0.2) is 5.79 Å². The van der Waals surface area contributed by atoms with Crippen molar-refractivity contribution in [3.63, 3.8) is 0 Å². The third-order valence-electron chi connectivity index (χ3n) is 6.11. The van der Waals surface area contributed by atoms with Gasteiger partial charge in [-0.2, -0.15) is 0 Å². The van der Waals surface area contributed by atoms with Gasteiger partial charge in [0.1, 0.15) is 5.82 Å². The second kappa shape index (κ2) is 9.18. The van der Waals surface area contributed by atoms with Gasteiger partial charge in [0.05, 0.1) is 30.3 Å². The maximum Gasteiger partial charge on any atom is 0.255 e. The van der Waals surface area contributed by atoms with Gasteiger partial charge < -0.3 is 19.7 Å². The summed E-state index contributed by atoms with van der Waals surface area (Å²) in [4.78, 5) is 28.8. The number of carbonyl (C=O) groups excluding carboxylic acids is 2. The van der Waals surface area contributed by atoms with Crippen LogP contribution in [0.15, 0.2) is 18.2 Å². The van der Waals surface area contributed by atoms with Crippen LogP contribution in [0.2, 0.25) is 5.02 Å². The van der Waals surface area contributed by atoms with E-state index < -0.39 is 11.6 Å². The first-order chi connectivity index (χ1) is 14.4. The number of nitrogens with zero attached hydrogens (tertiary/aromatic N) is 2. The van der Waals surface area contributed by atoms with Crippen molar-refractivity contribution in [1.82, 2.24) is 15.1 Å². The Morgan fingerprint density at radius 1 is 1.13 bits per heavy atom. The molecule has 2 amide bonds. The maximum atomic E-state index is 13.2. The van der Waals surface area contributed by atoms with Crippen molar-refractivity contribution in [2.45, 2.75) is 37.5 Å². The minimum Gasteiger partial charge on any atom is -0.352 e. The Kier molecular flexibility index (Phi) is 6.57. The highest BCUT2D eigenvalue weighted by Gasteiger charge is 2.40. The van der Waals surface area contributed by atoms with Gasteiger partial charge in [0.2, 0.25) is 5.91 Å². The van der Waals surface area contributed by atoms with Crippen LogP contribution in [-0.4, -0.2) is 79.4 Å². The highest BCUT2D eigenvalue weighted by Crippen LogP contribution is 2.35. The van der Waals surface area contributed by atoms with Crippen molar-refractivity contribution in [2.75, 3.05) is 45.9 Å². The first kappa shape index (κ1) is 21.5. The third kappa shape index (κ3) is 4.94. The summed E-state index contributed by atoms with van der Waals surface area (Å²) in [5, 5.41) is 3.24. The fourth-order valence-corrected chi connectivity index (χ4v) is 4.65. The topological polar surface area (TPSA) is 71.1 Å². The number of benzene rings is 1. The normalized spacial score (nSPS) is 22.4. The molecule has 3 fully saturated rings. The molecule has 1 spiro atoms. The van der Waals surface area contributed by atoms with Crippen molar-refractivity contribution in [1.29, 1.82) is 0 Å². The van der Waals surface area contributed by atoms with Crippen molar-refractivity contribution < 1.29 is 23.5 Å². The van der Waals surface area contributed by atoms with Crippen LogP contribution in [0.4, 0.5) is 4.39 Å². The van der Waals surface area contributed by atoms with E-state index in [9.17, 15) is 14.0 Å². The van der Waals surface area contributed by atoms with Gasteiger partial charge >= 0.3 is 0 Å². The molecule has 2 aliphatic heterocycles. The molecule has 0 radical (unpaired) electrons. The van der Waals surface area contributed by atoms with Crippen molar-refractivity contribution >= 4 is 23.4 Å². The second-order valence-corrected chi connectivity index (χ2v) is 8.55. The second-order valence-electron chi connectivity index (χ2n) is 8.14. The number of amides is 2. The fourth-order valence-electron chi connectivity index (χ4n) is 4.41. The number of rotatable bonds is 4. The summed E-state index contributed by atoms with van der Waals surface area (Å²) in [6.07, 6.45) is 3.33. The third-order valence-corrected chi connectivity index (χ3v) is 6.43. The molecule has 164 valence electrons. The van der Waals surface area contributed by atoms with Gasteiger partial charge in [-0.05, 0) is 31.0 Å². The summed E-state index contributed by atoms with van der Waals surface area (Å²) in [6.45, 7) is 3.83. The zero-order valence-corrected chi connectivity index (χ0v) is 17.6. The molecule has 2 heterocycles. The number of ether oxygens (including phenoxy) is 2. The Bertz CT molecular complexity index is 784. The van der Waals surface area contributed by atoms with E-state index in [1.165, 1.54) is 12.1 Å². The van der Waals surface area contributed by atoms with Crippen LogP contribution in [0.1, 0.15) is 36.0 Å². The molecule has 0 aromatic heterocycles. The summed E-state index contributed by atoms with van der Waals surface area (Å²) in [5.74, 6) is -1.09. The lowest BCUT2D eigenvalue weighted by Gasteiger charge is -2.37. The molecule has 1 N–H and O–H groups in total. The first-order valence-electron chi connectivity index (χ1n) is 10.5. The number of hydrogen-bond acceptors (Lipinski definition) is 5. The van der Waals surface area contributed by atoms with Gasteiger partial charge in [0.25, 0.3) is 5.91 Å². The van der Waals surface area contributed by atoms with Crippen LogP contribution in [0, 0.1) is 5.82 Å². The number of carbonyl (C=O) groups is 2. The largest absolute Gasteiger partial charge is 0.352 e. The molecule has 9 heteroatoms. The molecule has 2 saturated heterocycles. The number of halogens is 2. The van der Waals surface area contributed by atoms with Gasteiger partial charge in [-0.15, -0.1) is 0 Å². The average molecular weight is 440 g/mol. The summed E-state index contributed by atoms with van der Waals surface area (Å²) >= 11 is 6.01. The summed E-state index contributed by atoms with van der Waals surface area (Å²) < 4.78 is 24.7. The summed E-state index contributed by atoms with van der Waals surface area (Å²) in [6, 6.07) is 3.94. The van der Waals surface area contributed by atoms with E-state index >= 15 is 0 Å². The van der Waals surface area contributed by atoms with Crippen LogP contribution < -0.4 is 5.32 Å². The molecule has 7 nitrogen and oxygen atoms in total. The molecule has 1 aromatic carbocycles. The molecular weight excluding hydrogens is 413 g/mol. The fraction of sp³-hybridized carbons (Fsp3) is 0.619. The first-order valence-corrected chi connectivity index (χ1v) is 10.9. The lowest BCUT2D eigenvalue weighted by molar-refractivity contribution is -0.180. The van der Waals surface area contributed by atoms with Crippen LogP contribution in [-0.2, 0) is 14.3 Å². The number of nitrogens with one attached hydrogen (secondary N) is 1. The molecule has 1 saturated carbocycles. The van der Waals surface area contributed by atoms with Crippen molar-refractivity contribution in [2.24, 2.45) is 0 Å². The Labute approximate surface area is 180 Å². The predicted molar refractivity (Wildman–Crippen MR) is 109 cm³/mol. The monoisotopic (exact) mass is 439 g/mol. The van der Waals surface area contributed by atoms with E-state index in [1.54, 1.807) is 4.90 Å². The Morgan fingerprint density at radius 3 is 2.43 bits per heavy atom. The number of hydrogen-bond donors (Lipinski definition) is 1. The van der Waals surface area contributed by atoms with Crippen LogP contribution in [0.3, 0.4) is 0 Å². The zero-order chi connectivity index (χ0) is 21.1. The smallest absolute Gasteiger partial charge is 0.255 e. The molecule has 1 aliphatic carbocycles. The van der Waals surface area contributed by atoms with Crippen LogP contribution >= 0.6 is 11.6 Å². The zero-order valence-electron chi connectivity index (χ0n) is 16.9. The minimum atomic E-state index is -0.469. The summed E-state index contributed by atoms with van der Waals surface area (Å²) in [5.41, 5.74) is 0.301. The van der Waals surface area contributed by atoms with Crippen molar-refractivity contribution in [3.05, 3.63) is 34.6 Å². The van der Waals surface area contributed by atoms with Gasteiger partial charge in [0, 0.05) is 45.1 Å². The molecule has 0 unspecified atom stereocenters. The average Bonchev–Trinajstić information content (AvgIpc) is 3.18. The van der Waals surface area contributed by atoms with Crippen molar-refractivity contribution in [3.8, 4) is 0 Å². The highest BCUT2D eigenvalue weighted by atomic mass is 35.5. The van der Waals surface area contributed by atoms with E-state index in [1.807, 2.05) is 4.90 Å². The van der Waals surface area contributed by atoms with E-state index in [-0.39, 0.29) is 22.9 Å². The molecule has 30 heavy (non-hydrogen) atoms. The lowest BCUT2D eigenvalue weighted by atomic mass is 9.90. The van der Waals surface area contributed by atoms with Gasteiger partial charge in [-0.25, -0.2) is 4.39 Å². The quantitative estimate of drug-likeness (QED) is 0.777. The molecular formula is C21H27ClFN3O4. The highest BCUT2D eigenvalue weighted by molar-refractivity contribution is 6.33. The SMILES string of the molecule is O=C(CN1CCN(C(=O)c2ccc(F)cc2Cl)CC1)NC1CCC2(CC1)OCCO2. The van der Waals surface area contributed by atoms with Crippen LogP contribution in [0.25, 0.3) is 0 Å². The minimum absolute atomic E-state index is 0.00515. The van der Waals surface area contributed by atoms with E-state index in [4.69, 9.17) is 21.1 Å². The van der Waals surface area contributed by atoms with Gasteiger partial charge in [-0.3, -0.25) is 14.5 Å². The van der Waals surface area contributed by atoms with Crippen LogP contribution in [0.5, 0.6) is 0 Å².